The first-order chi connectivity index (χ1) is 12.8. The van der Waals surface area contributed by atoms with Gasteiger partial charge in [-0.1, -0.05) is 30.7 Å². The van der Waals surface area contributed by atoms with Gasteiger partial charge in [-0.3, -0.25) is 9.52 Å². The highest BCUT2D eigenvalue weighted by Crippen LogP contribution is 2.31. The standard InChI is InChI=1S/C21H26N2O3S/c1-4-11-23-20-9-8-19(13-17(20)7-10-21(23)24)22-27(25,26)14-18-12-15(2)5-6-16(18)3/h5-6,8-9,12-13,22H,4,7,10-11,14H2,1-3H3. The maximum Gasteiger partial charge on any atom is 0.236 e. The van der Waals surface area contributed by atoms with Gasteiger partial charge in [0.2, 0.25) is 15.9 Å². The highest BCUT2D eigenvalue weighted by Gasteiger charge is 2.24. The van der Waals surface area contributed by atoms with Gasteiger partial charge >= 0.3 is 0 Å². The fraction of sp³-hybridized carbons (Fsp3) is 0.381. The van der Waals surface area contributed by atoms with Gasteiger partial charge in [-0.05, 0) is 61.6 Å². The van der Waals surface area contributed by atoms with Crippen LogP contribution in [-0.2, 0) is 27.0 Å². The maximum absolute atomic E-state index is 12.6. The van der Waals surface area contributed by atoms with Crippen LogP contribution in [0.1, 0.15) is 42.0 Å². The zero-order valence-electron chi connectivity index (χ0n) is 16.1. The molecule has 1 heterocycles. The van der Waals surface area contributed by atoms with E-state index in [1.807, 2.05) is 51.1 Å². The molecule has 0 radical (unpaired) electrons. The summed E-state index contributed by atoms with van der Waals surface area (Å²) in [5.41, 5.74) is 5.26. The third-order valence-electron chi connectivity index (χ3n) is 4.85. The van der Waals surface area contributed by atoms with Crippen LogP contribution in [0.4, 0.5) is 11.4 Å². The van der Waals surface area contributed by atoms with Gasteiger partial charge in [0, 0.05) is 24.3 Å². The van der Waals surface area contributed by atoms with Crippen molar-refractivity contribution < 1.29 is 13.2 Å². The lowest BCUT2D eigenvalue weighted by atomic mass is 10.0. The van der Waals surface area contributed by atoms with Crippen molar-refractivity contribution in [3.8, 4) is 0 Å². The average molecular weight is 387 g/mol. The molecule has 0 saturated carbocycles. The zero-order chi connectivity index (χ0) is 19.6. The first-order valence-corrected chi connectivity index (χ1v) is 10.9. The SMILES string of the molecule is CCCN1C(=O)CCc2cc(NS(=O)(=O)Cc3cc(C)ccc3C)ccc21. The van der Waals surface area contributed by atoms with Crippen LogP contribution in [0.2, 0.25) is 0 Å². The number of nitrogens with one attached hydrogen (secondary N) is 1. The lowest BCUT2D eigenvalue weighted by molar-refractivity contribution is -0.118. The molecule has 0 spiro atoms. The number of carbonyl (C=O) groups is 1. The van der Waals surface area contributed by atoms with E-state index in [1.165, 1.54) is 0 Å². The first kappa shape index (κ1) is 19.4. The van der Waals surface area contributed by atoms with E-state index in [-0.39, 0.29) is 11.7 Å². The van der Waals surface area contributed by atoms with Crippen molar-refractivity contribution in [3.05, 3.63) is 58.7 Å². The summed E-state index contributed by atoms with van der Waals surface area (Å²) in [6, 6.07) is 11.3. The lowest BCUT2D eigenvalue weighted by Gasteiger charge is -2.29. The number of carbonyl (C=O) groups excluding carboxylic acids is 1. The molecule has 27 heavy (non-hydrogen) atoms. The molecule has 1 N–H and O–H groups in total. The molecule has 2 aromatic rings. The van der Waals surface area contributed by atoms with Crippen LogP contribution in [0.5, 0.6) is 0 Å². The Morgan fingerprint density at radius 2 is 1.85 bits per heavy atom. The van der Waals surface area contributed by atoms with Gasteiger partial charge in [0.1, 0.15) is 0 Å². The second kappa shape index (κ2) is 7.72. The number of hydrogen-bond acceptors (Lipinski definition) is 3. The molecule has 0 fully saturated rings. The molecule has 0 bridgehead atoms. The Labute approximate surface area is 161 Å². The van der Waals surface area contributed by atoms with Crippen molar-refractivity contribution >= 4 is 27.3 Å². The number of aryl methyl sites for hydroxylation is 3. The van der Waals surface area contributed by atoms with E-state index in [0.717, 1.165) is 34.4 Å². The van der Waals surface area contributed by atoms with E-state index in [1.54, 1.807) is 11.0 Å². The molecule has 3 rings (SSSR count). The minimum absolute atomic E-state index is 0.0575. The number of nitrogens with zero attached hydrogens (tertiary/aromatic N) is 1. The Morgan fingerprint density at radius 1 is 1.07 bits per heavy atom. The summed E-state index contributed by atoms with van der Waals surface area (Å²) in [6.45, 7) is 6.60. The van der Waals surface area contributed by atoms with Crippen LogP contribution >= 0.6 is 0 Å². The first-order valence-electron chi connectivity index (χ1n) is 9.29. The lowest BCUT2D eigenvalue weighted by Crippen LogP contribution is -2.35. The predicted octanol–water partition coefficient (Wildman–Crippen LogP) is 3.93. The molecule has 2 aromatic carbocycles. The van der Waals surface area contributed by atoms with Gasteiger partial charge in [0.15, 0.2) is 0 Å². The number of benzene rings is 2. The third kappa shape index (κ3) is 4.50. The van der Waals surface area contributed by atoms with Gasteiger partial charge in [-0.2, -0.15) is 0 Å². The third-order valence-corrected chi connectivity index (χ3v) is 6.09. The molecule has 144 valence electrons. The number of anilines is 2. The van der Waals surface area contributed by atoms with Crippen LogP contribution < -0.4 is 9.62 Å². The Bertz CT molecular complexity index is 967. The molecule has 5 nitrogen and oxygen atoms in total. The minimum atomic E-state index is -3.52. The van der Waals surface area contributed by atoms with Gasteiger partial charge in [-0.25, -0.2) is 8.42 Å². The Kier molecular flexibility index (Phi) is 5.56. The van der Waals surface area contributed by atoms with Crippen LogP contribution in [-0.4, -0.2) is 20.9 Å². The molecular weight excluding hydrogens is 360 g/mol. The number of fused-ring (bicyclic) bond motifs is 1. The fourth-order valence-electron chi connectivity index (χ4n) is 3.47. The Morgan fingerprint density at radius 3 is 2.59 bits per heavy atom. The predicted molar refractivity (Wildman–Crippen MR) is 110 cm³/mol. The van der Waals surface area contributed by atoms with Gasteiger partial charge in [0.25, 0.3) is 0 Å². The molecule has 1 aliphatic rings. The van der Waals surface area contributed by atoms with E-state index in [2.05, 4.69) is 4.72 Å². The van der Waals surface area contributed by atoms with E-state index in [0.29, 0.717) is 25.1 Å². The van der Waals surface area contributed by atoms with Gasteiger partial charge < -0.3 is 4.90 Å². The van der Waals surface area contributed by atoms with Gasteiger partial charge in [-0.15, -0.1) is 0 Å². The normalized spacial score (nSPS) is 14.2. The molecule has 0 aromatic heterocycles. The van der Waals surface area contributed by atoms with Crippen LogP contribution in [0.3, 0.4) is 0 Å². The minimum Gasteiger partial charge on any atom is -0.312 e. The highest BCUT2D eigenvalue weighted by molar-refractivity contribution is 7.91. The summed E-state index contributed by atoms with van der Waals surface area (Å²) in [5.74, 6) is 0.0745. The molecule has 1 amide bonds. The second-order valence-corrected chi connectivity index (χ2v) is 8.90. The van der Waals surface area contributed by atoms with Crippen molar-refractivity contribution in [2.75, 3.05) is 16.2 Å². The van der Waals surface area contributed by atoms with E-state index >= 15 is 0 Å². The van der Waals surface area contributed by atoms with Crippen molar-refractivity contribution in [3.63, 3.8) is 0 Å². The van der Waals surface area contributed by atoms with E-state index in [4.69, 9.17) is 0 Å². The molecule has 6 heteroatoms. The average Bonchev–Trinajstić information content (AvgIpc) is 2.60. The molecule has 0 unspecified atom stereocenters. The van der Waals surface area contributed by atoms with Crippen molar-refractivity contribution in [2.45, 2.75) is 45.8 Å². The van der Waals surface area contributed by atoms with Crippen LogP contribution in [0, 0.1) is 13.8 Å². The number of hydrogen-bond donors (Lipinski definition) is 1. The summed E-state index contributed by atoms with van der Waals surface area (Å²) in [5, 5.41) is 0. The maximum atomic E-state index is 12.6. The van der Waals surface area contributed by atoms with E-state index in [9.17, 15) is 13.2 Å². The Balaban J connectivity index is 1.81. The number of sulfonamides is 1. The summed E-state index contributed by atoms with van der Waals surface area (Å²) < 4.78 is 28.0. The monoisotopic (exact) mass is 386 g/mol. The second-order valence-electron chi connectivity index (χ2n) is 7.18. The van der Waals surface area contributed by atoms with Crippen LogP contribution in [0.25, 0.3) is 0 Å². The zero-order valence-corrected chi connectivity index (χ0v) is 16.9. The highest BCUT2D eigenvalue weighted by atomic mass is 32.2. The summed E-state index contributed by atoms with van der Waals surface area (Å²) in [4.78, 5) is 13.9. The molecule has 0 atom stereocenters. The van der Waals surface area contributed by atoms with E-state index < -0.39 is 10.0 Å². The summed E-state index contributed by atoms with van der Waals surface area (Å²) in [7, 11) is -3.52. The summed E-state index contributed by atoms with van der Waals surface area (Å²) >= 11 is 0. The molecular formula is C21H26N2O3S. The molecule has 0 aliphatic carbocycles. The van der Waals surface area contributed by atoms with Crippen molar-refractivity contribution in [1.29, 1.82) is 0 Å². The van der Waals surface area contributed by atoms with Crippen LogP contribution in [0.15, 0.2) is 36.4 Å². The Hall–Kier alpha value is -2.34. The quantitative estimate of drug-likeness (QED) is 0.818. The largest absolute Gasteiger partial charge is 0.312 e. The molecule has 0 saturated heterocycles. The number of rotatable bonds is 6. The fourth-order valence-corrected chi connectivity index (χ4v) is 4.75. The topological polar surface area (TPSA) is 66.5 Å². The molecule has 1 aliphatic heterocycles. The van der Waals surface area contributed by atoms with Crippen molar-refractivity contribution in [1.82, 2.24) is 0 Å². The number of amides is 1. The smallest absolute Gasteiger partial charge is 0.236 e. The summed E-state index contributed by atoms with van der Waals surface area (Å²) in [6.07, 6.45) is 1.99. The van der Waals surface area contributed by atoms with Gasteiger partial charge in [0.05, 0.1) is 5.75 Å². The van der Waals surface area contributed by atoms with Crippen molar-refractivity contribution in [2.24, 2.45) is 0 Å².